The Hall–Kier alpha value is -0.850. The van der Waals surface area contributed by atoms with Gasteiger partial charge >= 0.3 is 0 Å². The molecule has 44 valence electrons. The molecule has 8 heavy (non-hydrogen) atoms. The Bertz CT molecular complexity index is 120. The lowest BCUT2D eigenvalue weighted by atomic mass is 10.2. The Kier molecular flexibility index (Phi) is 3.85. The summed E-state index contributed by atoms with van der Waals surface area (Å²) in [5, 5.41) is 6.82. The maximum absolute atomic E-state index is 6.82. The third-order valence-electron chi connectivity index (χ3n) is 0.859. The second kappa shape index (κ2) is 4.31. The predicted octanol–water partition coefficient (Wildman–Crippen LogP) is 2.16. The van der Waals surface area contributed by atoms with Gasteiger partial charge in [0.25, 0.3) is 0 Å². The molecule has 1 N–H and O–H groups in total. The van der Waals surface area contributed by atoms with Crippen molar-refractivity contribution in [2.24, 2.45) is 0 Å². The highest BCUT2D eigenvalue weighted by Crippen LogP contribution is 1.89. The SMILES string of the molecule is CC=CC(C=N)=CC. The van der Waals surface area contributed by atoms with Gasteiger partial charge in [-0.25, -0.2) is 0 Å². The van der Waals surface area contributed by atoms with Crippen LogP contribution in [-0.2, 0) is 0 Å². The summed E-state index contributed by atoms with van der Waals surface area (Å²) in [5.41, 5.74) is 0.951. The standard InChI is InChI=1S/C7H11N/c1-3-5-7(4-2)6-8/h3-6,8H,1-2H3. The Morgan fingerprint density at radius 3 is 2.12 bits per heavy atom. The Balaban J connectivity index is 3.91. The van der Waals surface area contributed by atoms with Crippen LogP contribution in [0.4, 0.5) is 0 Å². The summed E-state index contributed by atoms with van der Waals surface area (Å²) in [6.07, 6.45) is 7.04. The fraction of sp³-hybridized carbons (Fsp3) is 0.286. The minimum atomic E-state index is 0.951. The average molecular weight is 109 g/mol. The van der Waals surface area contributed by atoms with Crippen molar-refractivity contribution in [3.05, 3.63) is 23.8 Å². The van der Waals surface area contributed by atoms with Crippen LogP contribution in [0.2, 0.25) is 0 Å². The van der Waals surface area contributed by atoms with Gasteiger partial charge in [0.05, 0.1) is 0 Å². The number of nitrogens with one attached hydrogen (secondary N) is 1. The highest BCUT2D eigenvalue weighted by molar-refractivity contribution is 5.79. The molecule has 0 saturated heterocycles. The molecular weight excluding hydrogens is 98.1 g/mol. The summed E-state index contributed by atoms with van der Waals surface area (Å²) in [6.45, 7) is 3.85. The molecule has 0 fully saturated rings. The molecule has 0 aliphatic rings. The van der Waals surface area contributed by atoms with E-state index in [0.717, 1.165) is 5.57 Å². The van der Waals surface area contributed by atoms with Crippen molar-refractivity contribution in [2.45, 2.75) is 13.8 Å². The van der Waals surface area contributed by atoms with Crippen LogP contribution in [0.1, 0.15) is 13.8 Å². The second-order valence-electron chi connectivity index (χ2n) is 1.43. The van der Waals surface area contributed by atoms with Gasteiger partial charge in [-0.05, 0) is 19.4 Å². The van der Waals surface area contributed by atoms with Gasteiger partial charge in [0.1, 0.15) is 0 Å². The molecule has 0 aromatic heterocycles. The highest BCUT2D eigenvalue weighted by atomic mass is 14.3. The zero-order chi connectivity index (χ0) is 6.41. The zero-order valence-corrected chi connectivity index (χ0v) is 5.31. The number of rotatable bonds is 2. The smallest absolute Gasteiger partial charge is 0.0246 e. The van der Waals surface area contributed by atoms with Gasteiger partial charge in [-0.3, -0.25) is 0 Å². The van der Waals surface area contributed by atoms with E-state index in [1.165, 1.54) is 6.21 Å². The topological polar surface area (TPSA) is 23.9 Å². The van der Waals surface area contributed by atoms with Crippen LogP contribution >= 0.6 is 0 Å². The minimum absolute atomic E-state index is 0.951. The van der Waals surface area contributed by atoms with Crippen LogP contribution in [0.15, 0.2) is 23.8 Å². The molecule has 0 atom stereocenters. The van der Waals surface area contributed by atoms with Gasteiger partial charge in [0.2, 0.25) is 0 Å². The monoisotopic (exact) mass is 109 g/mol. The molecule has 0 aliphatic heterocycles. The minimum Gasteiger partial charge on any atom is -0.308 e. The maximum Gasteiger partial charge on any atom is 0.0246 e. The van der Waals surface area contributed by atoms with Gasteiger partial charge in [-0.1, -0.05) is 18.2 Å². The average Bonchev–Trinajstić information content (AvgIpc) is 1.83. The molecule has 0 unspecified atom stereocenters. The van der Waals surface area contributed by atoms with E-state index in [1.54, 1.807) is 0 Å². The van der Waals surface area contributed by atoms with Crippen molar-refractivity contribution < 1.29 is 0 Å². The molecule has 0 bridgehead atoms. The fourth-order valence-corrected chi connectivity index (χ4v) is 0.420. The first-order valence-corrected chi connectivity index (χ1v) is 2.64. The molecule has 0 radical (unpaired) electrons. The van der Waals surface area contributed by atoms with Crippen LogP contribution in [-0.4, -0.2) is 6.21 Å². The van der Waals surface area contributed by atoms with E-state index >= 15 is 0 Å². The molecule has 0 aromatic carbocycles. The highest BCUT2D eigenvalue weighted by Gasteiger charge is 1.76. The van der Waals surface area contributed by atoms with E-state index < -0.39 is 0 Å². The molecule has 1 heteroatoms. The van der Waals surface area contributed by atoms with Gasteiger partial charge < -0.3 is 5.41 Å². The van der Waals surface area contributed by atoms with Crippen molar-refractivity contribution in [3.63, 3.8) is 0 Å². The number of hydrogen-bond acceptors (Lipinski definition) is 1. The van der Waals surface area contributed by atoms with Crippen LogP contribution in [0.25, 0.3) is 0 Å². The third kappa shape index (κ3) is 2.35. The van der Waals surface area contributed by atoms with E-state index in [1.807, 2.05) is 32.1 Å². The molecule has 0 aromatic rings. The van der Waals surface area contributed by atoms with Crippen molar-refractivity contribution in [3.8, 4) is 0 Å². The van der Waals surface area contributed by atoms with Gasteiger partial charge in [-0.15, -0.1) is 0 Å². The Labute approximate surface area is 50.2 Å². The lowest BCUT2D eigenvalue weighted by Crippen LogP contribution is -1.73. The zero-order valence-electron chi connectivity index (χ0n) is 5.31. The lowest BCUT2D eigenvalue weighted by molar-refractivity contribution is 1.53. The molecule has 0 spiro atoms. The van der Waals surface area contributed by atoms with E-state index in [2.05, 4.69) is 0 Å². The molecule has 1 nitrogen and oxygen atoms in total. The van der Waals surface area contributed by atoms with Gasteiger partial charge in [0, 0.05) is 6.21 Å². The molecule has 0 heterocycles. The van der Waals surface area contributed by atoms with Crippen LogP contribution in [0, 0.1) is 5.41 Å². The summed E-state index contributed by atoms with van der Waals surface area (Å²) < 4.78 is 0. The van der Waals surface area contributed by atoms with Gasteiger partial charge in [-0.2, -0.15) is 0 Å². The second-order valence-corrected chi connectivity index (χ2v) is 1.43. The molecule has 0 saturated carbocycles. The first-order valence-electron chi connectivity index (χ1n) is 2.64. The van der Waals surface area contributed by atoms with Crippen LogP contribution in [0.5, 0.6) is 0 Å². The first-order chi connectivity index (χ1) is 3.85. The summed E-state index contributed by atoms with van der Waals surface area (Å²) in [5.74, 6) is 0. The summed E-state index contributed by atoms with van der Waals surface area (Å²) in [6, 6.07) is 0. The third-order valence-corrected chi connectivity index (χ3v) is 0.859. The normalized spacial score (nSPS) is 12.5. The van der Waals surface area contributed by atoms with Crippen LogP contribution < -0.4 is 0 Å². The van der Waals surface area contributed by atoms with E-state index in [4.69, 9.17) is 5.41 Å². The molecule has 0 amide bonds. The summed E-state index contributed by atoms with van der Waals surface area (Å²) in [4.78, 5) is 0. The largest absolute Gasteiger partial charge is 0.308 e. The van der Waals surface area contributed by atoms with Crippen molar-refractivity contribution in [1.82, 2.24) is 0 Å². The Morgan fingerprint density at radius 2 is 2.00 bits per heavy atom. The van der Waals surface area contributed by atoms with Crippen molar-refractivity contribution in [1.29, 1.82) is 5.41 Å². The Morgan fingerprint density at radius 1 is 1.38 bits per heavy atom. The first kappa shape index (κ1) is 7.15. The summed E-state index contributed by atoms with van der Waals surface area (Å²) >= 11 is 0. The van der Waals surface area contributed by atoms with E-state index in [-0.39, 0.29) is 0 Å². The van der Waals surface area contributed by atoms with Crippen molar-refractivity contribution in [2.75, 3.05) is 0 Å². The van der Waals surface area contributed by atoms with E-state index in [0.29, 0.717) is 0 Å². The van der Waals surface area contributed by atoms with E-state index in [9.17, 15) is 0 Å². The maximum atomic E-state index is 6.82. The quantitative estimate of drug-likeness (QED) is 0.415. The van der Waals surface area contributed by atoms with Crippen molar-refractivity contribution >= 4 is 6.21 Å². The molecule has 0 aliphatic carbocycles. The predicted molar refractivity (Wildman–Crippen MR) is 37.4 cm³/mol. The molecule has 0 rings (SSSR count). The number of allylic oxidation sites excluding steroid dienone is 4. The fourth-order valence-electron chi connectivity index (χ4n) is 0.420. The summed E-state index contributed by atoms with van der Waals surface area (Å²) in [7, 11) is 0. The lowest BCUT2D eigenvalue weighted by Gasteiger charge is -1.83. The van der Waals surface area contributed by atoms with Crippen LogP contribution in [0.3, 0.4) is 0 Å². The van der Waals surface area contributed by atoms with Gasteiger partial charge in [0.15, 0.2) is 0 Å². The number of hydrogen-bond donors (Lipinski definition) is 1. The molecular formula is C7H11N.